The van der Waals surface area contributed by atoms with Gasteiger partial charge in [-0.1, -0.05) is 0 Å². The van der Waals surface area contributed by atoms with Crippen LogP contribution >= 0.6 is 11.3 Å². The van der Waals surface area contributed by atoms with Gasteiger partial charge in [-0.25, -0.2) is 4.98 Å². The SMILES string of the molecule is Cc1nc([C@@H]2CCCN(C(=O)COC[C@H]3CCCO3)C2)sc1C. The molecule has 3 heterocycles. The van der Waals surface area contributed by atoms with Gasteiger partial charge in [0.15, 0.2) is 0 Å². The van der Waals surface area contributed by atoms with Crippen molar-refractivity contribution in [3.05, 3.63) is 15.6 Å². The van der Waals surface area contributed by atoms with Crippen molar-refractivity contribution in [1.82, 2.24) is 9.88 Å². The predicted octanol–water partition coefficient (Wildman–Crippen LogP) is 2.66. The van der Waals surface area contributed by atoms with Gasteiger partial charge in [-0.15, -0.1) is 11.3 Å². The number of ether oxygens (including phenoxy) is 2. The van der Waals surface area contributed by atoms with Crippen LogP contribution < -0.4 is 0 Å². The van der Waals surface area contributed by atoms with Gasteiger partial charge in [0.1, 0.15) is 6.61 Å². The average Bonchev–Trinajstić information content (AvgIpc) is 3.18. The molecule has 6 heteroatoms. The number of amides is 1. The van der Waals surface area contributed by atoms with Crippen LogP contribution in [0.5, 0.6) is 0 Å². The summed E-state index contributed by atoms with van der Waals surface area (Å²) < 4.78 is 11.1. The zero-order valence-corrected chi connectivity index (χ0v) is 14.9. The van der Waals surface area contributed by atoms with Gasteiger partial charge in [0, 0.05) is 30.5 Å². The molecule has 0 bridgehead atoms. The summed E-state index contributed by atoms with van der Waals surface area (Å²) in [4.78, 5) is 20.3. The van der Waals surface area contributed by atoms with Crippen LogP contribution in [-0.2, 0) is 14.3 Å². The first-order valence-corrected chi connectivity index (χ1v) is 9.36. The lowest BCUT2D eigenvalue weighted by atomic mass is 9.99. The number of aromatic nitrogens is 1. The molecular weight excluding hydrogens is 312 g/mol. The number of aryl methyl sites for hydroxylation is 2. The Hall–Kier alpha value is -0.980. The first-order valence-electron chi connectivity index (χ1n) is 8.54. The van der Waals surface area contributed by atoms with Gasteiger partial charge in [-0.2, -0.15) is 0 Å². The summed E-state index contributed by atoms with van der Waals surface area (Å²) >= 11 is 1.77. The van der Waals surface area contributed by atoms with Gasteiger partial charge >= 0.3 is 0 Å². The lowest BCUT2D eigenvalue weighted by Gasteiger charge is -2.31. The van der Waals surface area contributed by atoms with Crippen molar-refractivity contribution < 1.29 is 14.3 Å². The summed E-state index contributed by atoms with van der Waals surface area (Å²) in [6.45, 7) is 7.30. The third-order valence-corrected chi connectivity index (χ3v) is 5.96. The van der Waals surface area contributed by atoms with Crippen LogP contribution in [0, 0.1) is 13.8 Å². The second-order valence-corrected chi connectivity index (χ2v) is 7.76. The number of likely N-dealkylation sites (tertiary alicyclic amines) is 1. The smallest absolute Gasteiger partial charge is 0.248 e. The second-order valence-electron chi connectivity index (χ2n) is 6.52. The fourth-order valence-electron chi connectivity index (χ4n) is 3.22. The Balaban J connectivity index is 1.48. The molecule has 0 unspecified atom stereocenters. The van der Waals surface area contributed by atoms with Crippen LogP contribution in [0.2, 0.25) is 0 Å². The molecule has 2 saturated heterocycles. The van der Waals surface area contributed by atoms with Crippen LogP contribution in [0.3, 0.4) is 0 Å². The highest BCUT2D eigenvalue weighted by Crippen LogP contribution is 2.31. The normalized spacial score (nSPS) is 25.0. The van der Waals surface area contributed by atoms with E-state index in [0.29, 0.717) is 12.5 Å². The summed E-state index contributed by atoms with van der Waals surface area (Å²) in [6, 6.07) is 0. The largest absolute Gasteiger partial charge is 0.376 e. The molecule has 2 fully saturated rings. The van der Waals surface area contributed by atoms with E-state index in [4.69, 9.17) is 9.47 Å². The van der Waals surface area contributed by atoms with Crippen LogP contribution in [0.15, 0.2) is 0 Å². The summed E-state index contributed by atoms with van der Waals surface area (Å²) in [6.07, 6.45) is 4.48. The lowest BCUT2D eigenvalue weighted by molar-refractivity contribution is -0.138. The second kappa shape index (κ2) is 7.73. The molecule has 2 aliphatic rings. The van der Waals surface area contributed by atoms with Crippen molar-refractivity contribution in [3.63, 3.8) is 0 Å². The summed E-state index contributed by atoms with van der Waals surface area (Å²) in [7, 11) is 0. The van der Waals surface area contributed by atoms with Crippen molar-refractivity contribution in [1.29, 1.82) is 0 Å². The first-order chi connectivity index (χ1) is 11.1. The van der Waals surface area contributed by atoms with Crippen molar-refractivity contribution in [2.24, 2.45) is 0 Å². The van der Waals surface area contributed by atoms with Crippen molar-refractivity contribution in [2.45, 2.75) is 51.6 Å². The minimum atomic E-state index is 0.0951. The molecule has 0 radical (unpaired) electrons. The number of carbonyl (C=O) groups is 1. The third kappa shape index (κ3) is 4.31. The maximum Gasteiger partial charge on any atom is 0.248 e. The third-order valence-electron chi connectivity index (χ3n) is 4.72. The fourth-order valence-corrected chi connectivity index (χ4v) is 4.27. The molecule has 0 aromatic carbocycles. The Morgan fingerprint density at radius 2 is 2.26 bits per heavy atom. The van der Waals surface area contributed by atoms with Crippen LogP contribution in [0.1, 0.15) is 47.2 Å². The zero-order chi connectivity index (χ0) is 16.2. The summed E-state index contributed by atoms with van der Waals surface area (Å²) in [5, 5.41) is 1.18. The summed E-state index contributed by atoms with van der Waals surface area (Å²) in [5.74, 6) is 0.473. The average molecular weight is 338 g/mol. The molecule has 0 saturated carbocycles. The summed E-state index contributed by atoms with van der Waals surface area (Å²) in [5.41, 5.74) is 1.12. The van der Waals surface area contributed by atoms with Crippen LogP contribution in [0.4, 0.5) is 0 Å². The lowest BCUT2D eigenvalue weighted by Crippen LogP contribution is -2.41. The fraction of sp³-hybridized carbons (Fsp3) is 0.765. The van der Waals surface area contributed by atoms with E-state index in [1.807, 2.05) is 4.90 Å². The Morgan fingerprint density at radius 1 is 1.39 bits per heavy atom. The maximum absolute atomic E-state index is 12.4. The number of hydrogen-bond acceptors (Lipinski definition) is 5. The van der Waals surface area contributed by atoms with E-state index in [1.54, 1.807) is 11.3 Å². The van der Waals surface area contributed by atoms with Crippen LogP contribution in [0.25, 0.3) is 0 Å². The van der Waals surface area contributed by atoms with Crippen molar-refractivity contribution >= 4 is 17.2 Å². The Bertz CT molecular complexity index is 520. The van der Waals surface area contributed by atoms with Crippen molar-refractivity contribution in [2.75, 3.05) is 32.9 Å². The highest BCUT2D eigenvalue weighted by molar-refractivity contribution is 7.11. The van der Waals surface area contributed by atoms with Gasteiger partial charge in [0.25, 0.3) is 0 Å². The molecule has 1 aromatic rings. The minimum absolute atomic E-state index is 0.0951. The van der Waals surface area contributed by atoms with E-state index < -0.39 is 0 Å². The monoisotopic (exact) mass is 338 g/mol. The first kappa shape index (κ1) is 16.9. The van der Waals surface area contributed by atoms with Gasteiger partial charge < -0.3 is 14.4 Å². The van der Waals surface area contributed by atoms with Gasteiger partial charge in [-0.05, 0) is 39.5 Å². The number of nitrogens with zero attached hydrogens (tertiary/aromatic N) is 2. The molecular formula is C17H26N2O3S. The quantitative estimate of drug-likeness (QED) is 0.828. The van der Waals surface area contributed by atoms with E-state index in [9.17, 15) is 4.79 Å². The van der Waals surface area contributed by atoms with Crippen LogP contribution in [-0.4, -0.2) is 54.8 Å². The zero-order valence-electron chi connectivity index (χ0n) is 14.0. The highest BCUT2D eigenvalue weighted by atomic mass is 32.1. The predicted molar refractivity (Wildman–Crippen MR) is 89.9 cm³/mol. The molecule has 23 heavy (non-hydrogen) atoms. The number of piperidine rings is 1. The molecule has 1 amide bonds. The number of thiazole rings is 1. The Kier molecular flexibility index (Phi) is 5.67. The number of carbonyl (C=O) groups excluding carboxylic acids is 1. The molecule has 1 aromatic heterocycles. The van der Waals surface area contributed by atoms with E-state index in [-0.39, 0.29) is 18.6 Å². The molecule has 2 atom stereocenters. The van der Waals surface area contributed by atoms with E-state index >= 15 is 0 Å². The molecule has 5 nitrogen and oxygen atoms in total. The maximum atomic E-state index is 12.4. The molecule has 0 aliphatic carbocycles. The van der Waals surface area contributed by atoms with E-state index in [0.717, 1.165) is 51.1 Å². The Morgan fingerprint density at radius 3 is 2.96 bits per heavy atom. The molecule has 2 aliphatic heterocycles. The standard InChI is InChI=1S/C17H26N2O3S/c1-12-13(2)23-17(18-12)14-5-3-7-19(9-14)16(20)11-21-10-15-6-4-8-22-15/h14-15H,3-11H2,1-2H3/t14-,15-/m1/s1. The van der Waals surface area contributed by atoms with Gasteiger partial charge in [0.2, 0.25) is 5.91 Å². The van der Waals surface area contributed by atoms with Gasteiger partial charge in [0.05, 0.1) is 23.4 Å². The Labute approximate surface area is 142 Å². The highest BCUT2D eigenvalue weighted by Gasteiger charge is 2.27. The number of hydrogen-bond donors (Lipinski definition) is 0. The molecule has 128 valence electrons. The number of rotatable bonds is 5. The molecule has 0 N–H and O–H groups in total. The topological polar surface area (TPSA) is 51.7 Å². The minimum Gasteiger partial charge on any atom is -0.376 e. The van der Waals surface area contributed by atoms with Crippen molar-refractivity contribution in [3.8, 4) is 0 Å². The molecule has 0 spiro atoms. The van der Waals surface area contributed by atoms with Gasteiger partial charge in [-0.3, -0.25) is 4.79 Å². The van der Waals surface area contributed by atoms with E-state index in [1.165, 1.54) is 9.88 Å². The molecule has 3 rings (SSSR count). The van der Waals surface area contributed by atoms with E-state index in [2.05, 4.69) is 18.8 Å².